The molecule has 20 heavy (non-hydrogen) atoms. The second-order valence-electron chi connectivity index (χ2n) is 4.81. The number of phenols is 1. The minimum Gasteiger partial charge on any atom is -0.507 e. The molecule has 2 rings (SSSR count). The fourth-order valence-electron chi connectivity index (χ4n) is 2.25. The Morgan fingerprint density at radius 2 is 2.10 bits per heavy atom. The van der Waals surface area contributed by atoms with Gasteiger partial charge in [0.15, 0.2) is 6.29 Å². The van der Waals surface area contributed by atoms with Gasteiger partial charge in [-0.25, -0.2) is 0 Å². The van der Waals surface area contributed by atoms with Crippen LogP contribution in [0, 0.1) is 5.92 Å². The fraction of sp³-hybridized carbons (Fsp3) is 0.429. The number of aldehydes is 1. The molecule has 0 radical (unpaired) electrons. The molecule has 0 atom stereocenters. The summed E-state index contributed by atoms with van der Waals surface area (Å²) in [7, 11) is 0. The number of carboxylic acids is 1. The molecule has 0 aromatic heterocycles. The third-order valence-electron chi connectivity index (χ3n) is 3.50. The van der Waals surface area contributed by atoms with E-state index >= 15 is 0 Å². The van der Waals surface area contributed by atoms with Crippen LogP contribution in [0.2, 0.25) is 0 Å². The van der Waals surface area contributed by atoms with Crippen LogP contribution >= 0.6 is 0 Å². The predicted octanol–water partition coefficient (Wildman–Crippen LogP) is 1.34. The molecule has 1 aromatic rings. The van der Waals surface area contributed by atoms with E-state index in [1.165, 1.54) is 6.07 Å². The number of ether oxygens (including phenoxy) is 1. The SMILES string of the molecule is O=Cc1c(O)cccc1OCN1CCC(C(=O)O)CC1. The molecule has 2 N–H and O–H groups in total. The number of hydrogen-bond acceptors (Lipinski definition) is 5. The number of carbonyl (C=O) groups is 2. The highest BCUT2D eigenvalue weighted by molar-refractivity contribution is 5.83. The number of piperidine rings is 1. The van der Waals surface area contributed by atoms with Gasteiger partial charge in [-0.1, -0.05) is 6.07 Å². The molecule has 1 aliphatic heterocycles. The first kappa shape index (κ1) is 14.3. The van der Waals surface area contributed by atoms with Gasteiger partial charge in [-0.05, 0) is 25.0 Å². The summed E-state index contributed by atoms with van der Waals surface area (Å²) < 4.78 is 5.53. The lowest BCUT2D eigenvalue weighted by atomic mass is 9.98. The van der Waals surface area contributed by atoms with Crippen LogP contribution in [0.5, 0.6) is 11.5 Å². The van der Waals surface area contributed by atoms with Gasteiger partial charge in [0.25, 0.3) is 0 Å². The van der Waals surface area contributed by atoms with Crippen molar-refractivity contribution in [1.29, 1.82) is 0 Å². The molecule has 0 bridgehead atoms. The fourth-order valence-corrected chi connectivity index (χ4v) is 2.25. The average molecular weight is 279 g/mol. The van der Waals surface area contributed by atoms with E-state index in [1.54, 1.807) is 12.1 Å². The van der Waals surface area contributed by atoms with E-state index in [0.29, 0.717) is 38.0 Å². The summed E-state index contributed by atoms with van der Waals surface area (Å²) in [6.45, 7) is 1.56. The molecule has 1 aliphatic rings. The highest BCUT2D eigenvalue weighted by atomic mass is 16.5. The number of benzene rings is 1. The zero-order chi connectivity index (χ0) is 14.5. The standard InChI is InChI=1S/C14H17NO5/c16-8-11-12(17)2-1-3-13(11)20-9-15-6-4-10(5-7-15)14(18)19/h1-3,8,10,17H,4-7,9H2,(H,18,19). The maximum absolute atomic E-state index is 10.9. The molecule has 0 spiro atoms. The van der Waals surface area contributed by atoms with Crippen LogP contribution in [-0.2, 0) is 4.79 Å². The molecule has 6 nitrogen and oxygen atoms in total. The number of aromatic hydroxyl groups is 1. The molecule has 0 saturated carbocycles. The Bertz CT molecular complexity index is 494. The second kappa shape index (κ2) is 6.38. The maximum atomic E-state index is 10.9. The van der Waals surface area contributed by atoms with Crippen molar-refractivity contribution in [2.45, 2.75) is 12.8 Å². The Morgan fingerprint density at radius 1 is 1.40 bits per heavy atom. The van der Waals surface area contributed by atoms with E-state index in [2.05, 4.69) is 0 Å². The van der Waals surface area contributed by atoms with Crippen LogP contribution < -0.4 is 4.74 Å². The Morgan fingerprint density at radius 3 is 2.70 bits per heavy atom. The van der Waals surface area contributed by atoms with Crippen molar-refractivity contribution < 1.29 is 24.5 Å². The zero-order valence-electron chi connectivity index (χ0n) is 11.0. The Hall–Kier alpha value is -2.08. The van der Waals surface area contributed by atoms with Crippen LogP contribution in [0.1, 0.15) is 23.2 Å². The van der Waals surface area contributed by atoms with Crippen LogP contribution in [0.25, 0.3) is 0 Å². The smallest absolute Gasteiger partial charge is 0.306 e. The number of carbonyl (C=O) groups excluding carboxylic acids is 1. The van der Waals surface area contributed by atoms with E-state index in [-0.39, 0.29) is 24.0 Å². The summed E-state index contributed by atoms with van der Waals surface area (Å²) in [6, 6.07) is 4.65. The van der Waals surface area contributed by atoms with E-state index in [9.17, 15) is 14.7 Å². The number of rotatable bonds is 5. The first-order valence-electron chi connectivity index (χ1n) is 6.47. The van der Waals surface area contributed by atoms with Crippen LogP contribution in [0.4, 0.5) is 0 Å². The third kappa shape index (κ3) is 3.27. The van der Waals surface area contributed by atoms with E-state index < -0.39 is 5.97 Å². The van der Waals surface area contributed by atoms with Gasteiger partial charge in [0.2, 0.25) is 0 Å². The van der Waals surface area contributed by atoms with Crippen molar-refractivity contribution in [3.05, 3.63) is 23.8 Å². The molecule has 1 heterocycles. The van der Waals surface area contributed by atoms with Gasteiger partial charge < -0.3 is 14.9 Å². The molecular weight excluding hydrogens is 262 g/mol. The maximum Gasteiger partial charge on any atom is 0.306 e. The highest BCUT2D eigenvalue weighted by Gasteiger charge is 2.24. The number of aliphatic carboxylic acids is 1. The first-order chi connectivity index (χ1) is 9.61. The summed E-state index contributed by atoms with van der Waals surface area (Å²) in [5.74, 6) is -0.804. The Kier molecular flexibility index (Phi) is 4.57. The van der Waals surface area contributed by atoms with Gasteiger partial charge >= 0.3 is 5.97 Å². The molecule has 0 unspecified atom stereocenters. The van der Waals surface area contributed by atoms with Crippen molar-refractivity contribution in [3.8, 4) is 11.5 Å². The Balaban J connectivity index is 1.89. The minimum absolute atomic E-state index is 0.109. The number of carboxylic acid groups (broad SMARTS) is 1. The normalized spacial score (nSPS) is 16.8. The minimum atomic E-state index is -0.748. The van der Waals surface area contributed by atoms with Gasteiger partial charge in [0.05, 0.1) is 11.5 Å². The van der Waals surface area contributed by atoms with Crippen molar-refractivity contribution in [1.82, 2.24) is 4.90 Å². The monoisotopic (exact) mass is 279 g/mol. The van der Waals surface area contributed by atoms with Crippen LogP contribution in [0.3, 0.4) is 0 Å². The molecular formula is C14H17NO5. The van der Waals surface area contributed by atoms with Gasteiger partial charge in [-0.2, -0.15) is 0 Å². The van der Waals surface area contributed by atoms with Crippen LogP contribution in [-0.4, -0.2) is 47.2 Å². The second-order valence-corrected chi connectivity index (χ2v) is 4.81. The lowest BCUT2D eigenvalue weighted by Gasteiger charge is -2.29. The average Bonchev–Trinajstić information content (AvgIpc) is 2.45. The van der Waals surface area contributed by atoms with E-state index in [0.717, 1.165) is 0 Å². The summed E-state index contributed by atoms with van der Waals surface area (Å²) >= 11 is 0. The van der Waals surface area contributed by atoms with Gasteiger partial charge in [0.1, 0.15) is 18.2 Å². The number of hydrogen-bond donors (Lipinski definition) is 2. The van der Waals surface area contributed by atoms with Crippen LogP contribution in [0.15, 0.2) is 18.2 Å². The van der Waals surface area contributed by atoms with Crippen molar-refractivity contribution >= 4 is 12.3 Å². The molecule has 6 heteroatoms. The molecule has 0 aliphatic carbocycles. The third-order valence-corrected chi connectivity index (χ3v) is 3.50. The molecule has 1 aromatic carbocycles. The van der Waals surface area contributed by atoms with Gasteiger partial charge in [0, 0.05) is 13.1 Å². The van der Waals surface area contributed by atoms with Gasteiger partial charge in [-0.15, -0.1) is 0 Å². The summed E-state index contributed by atoms with van der Waals surface area (Å²) in [4.78, 5) is 23.7. The van der Waals surface area contributed by atoms with E-state index in [4.69, 9.17) is 9.84 Å². The largest absolute Gasteiger partial charge is 0.507 e. The summed E-state index contributed by atoms with van der Waals surface area (Å²) in [5.41, 5.74) is 0.132. The lowest BCUT2D eigenvalue weighted by molar-refractivity contribution is -0.143. The number of nitrogens with zero attached hydrogens (tertiary/aromatic N) is 1. The number of likely N-dealkylation sites (tertiary alicyclic amines) is 1. The Labute approximate surface area is 116 Å². The molecule has 1 saturated heterocycles. The molecule has 108 valence electrons. The molecule has 0 amide bonds. The highest BCUT2D eigenvalue weighted by Crippen LogP contribution is 2.26. The van der Waals surface area contributed by atoms with Crippen molar-refractivity contribution in [2.75, 3.05) is 19.8 Å². The van der Waals surface area contributed by atoms with Crippen molar-refractivity contribution in [3.63, 3.8) is 0 Å². The summed E-state index contributed by atoms with van der Waals surface area (Å²) in [6.07, 6.45) is 1.75. The zero-order valence-corrected chi connectivity index (χ0v) is 11.0. The molecule has 1 fully saturated rings. The van der Waals surface area contributed by atoms with Gasteiger partial charge in [-0.3, -0.25) is 14.5 Å². The van der Waals surface area contributed by atoms with E-state index in [1.807, 2.05) is 4.90 Å². The van der Waals surface area contributed by atoms with Crippen molar-refractivity contribution in [2.24, 2.45) is 5.92 Å². The quantitative estimate of drug-likeness (QED) is 0.791. The number of phenolic OH excluding ortho intramolecular Hbond substituents is 1. The summed E-state index contributed by atoms with van der Waals surface area (Å²) in [5, 5.41) is 18.4. The predicted molar refractivity (Wildman–Crippen MR) is 70.9 cm³/mol. The lowest BCUT2D eigenvalue weighted by Crippen LogP contribution is -2.38. The first-order valence-corrected chi connectivity index (χ1v) is 6.47. The topological polar surface area (TPSA) is 87.1 Å².